The van der Waals surface area contributed by atoms with E-state index >= 15 is 0 Å². The summed E-state index contributed by atoms with van der Waals surface area (Å²) in [6.45, 7) is 0.323. The van der Waals surface area contributed by atoms with Crippen LogP contribution in [0, 0.1) is 0 Å². The van der Waals surface area contributed by atoms with Crippen LogP contribution in [-0.2, 0) is 17.8 Å². The Morgan fingerprint density at radius 2 is 1.94 bits per heavy atom. The second-order valence-electron chi connectivity index (χ2n) is 7.57. The monoisotopic (exact) mass is 454 g/mol. The maximum atomic E-state index is 12.2. The smallest absolute Gasteiger partial charge is 0.410 e. The summed E-state index contributed by atoms with van der Waals surface area (Å²) in [5.41, 5.74) is 2.37. The average Bonchev–Trinajstić information content (AvgIpc) is 3.14. The Morgan fingerprint density at radius 3 is 2.62 bits per heavy atom. The zero-order chi connectivity index (χ0) is 22.5. The van der Waals surface area contributed by atoms with Gasteiger partial charge in [-0.05, 0) is 53.4 Å². The number of hydrogen-bond donors (Lipinski definition) is 2. The Labute approximate surface area is 190 Å². The molecule has 166 valence electrons. The van der Waals surface area contributed by atoms with E-state index in [0.717, 1.165) is 5.56 Å². The minimum atomic E-state index is -0.859. The molecule has 1 fully saturated rings. The molecule has 1 amide bonds. The third-order valence-electron chi connectivity index (χ3n) is 5.27. The van der Waals surface area contributed by atoms with Crippen molar-refractivity contribution in [3.63, 3.8) is 0 Å². The second-order valence-corrected chi connectivity index (χ2v) is 8.00. The molecule has 2 N–H and O–H groups in total. The first-order chi connectivity index (χ1) is 15.5. The van der Waals surface area contributed by atoms with Gasteiger partial charge in [0.25, 0.3) is 0 Å². The number of cyclic esters (lactones) is 1. The van der Waals surface area contributed by atoms with Gasteiger partial charge in [-0.3, -0.25) is 4.90 Å². The van der Waals surface area contributed by atoms with Crippen LogP contribution in [0.1, 0.15) is 22.8 Å². The van der Waals surface area contributed by atoms with E-state index in [1.807, 2.05) is 24.3 Å². The summed E-state index contributed by atoms with van der Waals surface area (Å²) in [4.78, 5) is 17.9. The summed E-state index contributed by atoms with van der Waals surface area (Å²) in [6, 6.07) is 17.7. The molecule has 0 saturated carbocycles. The van der Waals surface area contributed by atoms with Crippen LogP contribution >= 0.6 is 11.6 Å². The van der Waals surface area contributed by atoms with E-state index in [1.165, 1.54) is 0 Å². The Kier molecular flexibility index (Phi) is 6.90. The Bertz CT molecular complexity index is 1060. The highest BCUT2D eigenvalue weighted by atomic mass is 35.5. The number of pyridine rings is 1. The number of amides is 1. The van der Waals surface area contributed by atoms with Crippen LogP contribution in [0.2, 0.25) is 5.02 Å². The van der Waals surface area contributed by atoms with E-state index in [-0.39, 0.29) is 25.8 Å². The second kappa shape index (κ2) is 9.99. The fraction of sp³-hybridized carbons (Fsp3) is 0.250. The highest BCUT2D eigenvalue weighted by Gasteiger charge is 2.34. The Morgan fingerprint density at radius 1 is 1.16 bits per heavy atom. The van der Waals surface area contributed by atoms with Crippen molar-refractivity contribution in [3.05, 3.63) is 88.6 Å². The third-order valence-corrected chi connectivity index (χ3v) is 5.51. The molecule has 7 nitrogen and oxygen atoms in total. The molecule has 32 heavy (non-hydrogen) atoms. The van der Waals surface area contributed by atoms with Crippen LogP contribution in [0.25, 0.3) is 0 Å². The van der Waals surface area contributed by atoms with E-state index in [1.54, 1.807) is 47.5 Å². The van der Waals surface area contributed by atoms with Crippen LogP contribution < -0.4 is 4.74 Å². The van der Waals surface area contributed by atoms with Crippen LogP contribution in [0.3, 0.4) is 0 Å². The highest BCUT2D eigenvalue weighted by molar-refractivity contribution is 6.30. The van der Waals surface area contributed by atoms with Crippen LogP contribution in [0.4, 0.5) is 4.79 Å². The lowest BCUT2D eigenvalue weighted by molar-refractivity contribution is 0.110. The lowest BCUT2D eigenvalue weighted by Gasteiger charge is -2.24. The van der Waals surface area contributed by atoms with Gasteiger partial charge in [-0.2, -0.15) is 0 Å². The fourth-order valence-corrected chi connectivity index (χ4v) is 3.74. The molecule has 8 heteroatoms. The van der Waals surface area contributed by atoms with Crippen molar-refractivity contribution in [3.8, 4) is 11.6 Å². The van der Waals surface area contributed by atoms with Crippen LogP contribution in [-0.4, -0.2) is 45.4 Å². The van der Waals surface area contributed by atoms with E-state index in [9.17, 15) is 9.90 Å². The molecular weight excluding hydrogens is 432 g/mol. The van der Waals surface area contributed by atoms with Crippen LogP contribution in [0.5, 0.6) is 11.6 Å². The summed E-state index contributed by atoms with van der Waals surface area (Å²) < 4.78 is 11.0. The summed E-state index contributed by atoms with van der Waals surface area (Å²) in [6.07, 6.45) is 0.848. The predicted molar refractivity (Wildman–Crippen MR) is 119 cm³/mol. The molecule has 2 aromatic carbocycles. The van der Waals surface area contributed by atoms with Crippen molar-refractivity contribution >= 4 is 17.7 Å². The van der Waals surface area contributed by atoms with Gasteiger partial charge in [-0.15, -0.1) is 0 Å². The standard InChI is InChI=1S/C24H23ClN2O5/c25-19-3-1-2-18(11-19)22(29)13-27-20(15-31-24(27)30)10-16-4-7-21(8-5-16)32-23-9-6-17(14-28)12-26-23/h1-9,11-12,20,22,28-29H,10,13-15H2/t20-,22+/m0/s1. The first-order valence-electron chi connectivity index (χ1n) is 10.2. The van der Waals surface area contributed by atoms with Crippen LogP contribution in [0.15, 0.2) is 66.9 Å². The Hall–Kier alpha value is -3.13. The largest absolute Gasteiger partial charge is 0.447 e. The molecule has 0 unspecified atom stereocenters. The number of β-amino-alcohol motifs (C(OH)–C–C–N with tert-alkyl or cyclic N) is 1. The molecule has 1 saturated heterocycles. The van der Waals surface area contributed by atoms with E-state index in [0.29, 0.717) is 34.2 Å². The lowest BCUT2D eigenvalue weighted by Crippen LogP contribution is -2.38. The highest BCUT2D eigenvalue weighted by Crippen LogP contribution is 2.25. The molecule has 1 aliphatic rings. The normalized spacial score (nSPS) is 16.7. The predicted octanol–water partition coefficient (Wildman–Crippen LogP) is 4.12. The quantitative estimate of drug-likeness (QED) is 0.532. The van der Waals surface area contributed by atoms with Gasteiger partial charge in [0.2, 0.25) is 5.88 Å². The van der Waals surface area contributed by atoms with E-state index in [4.69, 9.17) is 26.2 Å². The molecule has 0 spiro atoms. The summed E-state index contributed by atoms with van der Waals surface area (Å²) >= 11 is 6.01. The number of carbonyl (C=O) groups excluding carboxylic acids is 1. The SMILES string of the molecule is O=C1OC[C@H](Cc2ccc(Oc3ccc(CO)cn3)cc2)N1C[C@@H](O)c1cccc(Cl)c1. The van der Waals surface area contributed by atoms with Gasteiger partial charge < -0.3 is 19.7 Å². The molecule has 2 heterocycles. The Balaban J connectivity index is 1.38. The number of nitrogens with zero attached hydrogens (tertiary/aromatic N) is 2. The molecule has 0 radical (unpaired) electrons. The van der Waals surface area contributed by atoms with Gasteiger partial charge in [0, 0.05) is 17.3 Å². The van der Waals surface area contributed by atoms with Gasteiger partial charge in [0.15, 0.2) is 0 Å². The van der Waals surface area contributed by atoms with Gasteiger partial charge >= 0.3 is 6.09 Å². The van der Waals surface area contributed by atoms with Gasteiger partial charge in [0.1, 0.15) is 12.4 Å². The number of aromatic nitrogens is 1. The number of aliphatic hydroxyl groups excluding tert-OH is 2. The van der Waals surface area contributed by atoms with Crippen molar-refractivity contribution < 1.29 is 24.5 Å². The van der Waals surface area contributed by atoms with E-state index in [2.05, 4.69) is 4.98 Å². The lowest BCUT2D eigenvalue weighted by atomic mass is 10.0. The average molecular weight is 455 g/mol. The zero-order valence-electron chi connectivity index (χ0n) is 17.2. The number of carbonyl (C=O) groups is 1. The van der Waals surface area contributed by atoms with Crippen molar-refractivity contribution in [1.82, 2.24) is 9.88 Å². The number of benzene rings is 2. The zero-order valence-corrected chi connectivity index (χ0v) is 18.0. The topological polar surface area (TPSA) is 92.1 Å². The molecular formula is C24H23ClN2O5. The minimum absolute atomic E-state index is 0.0670. The summed E-state index contributed by atoms with van der Waals surface area (Å²) in [7, 11) is 0. The fourth-order valence-electron chi connectivity index (χ4n) is 3.54. The van der Waals surface area contributed by atoms with Gasteiger partial charge in [0.05, 0.1) is 25.3 Å². The molecule has 1 aliphatic heterocycles. The number of aliphatic hydroxyl groups is 2. The minimum Gasteiger partial charge on any atom is -0.447 e. The maximum Gasteiger partial charge on any atom is 0.410 e. The van der Waals surface area contributed by atoms with Gasteiger partial charge in [-0.1, -0.05) is 35.9 Å². The first-order valence-corrected chi connectivity index (χ1v) is 10.6. The molecule has 0 bridgehead atoms. The summed E-state index contributed by atoms with van der Waals surface area (Å²) in [5.74, 6) is 1.07. The number of ether oxygens (including phenoxy) is 2. The molecule has 0 aliphatic carbocycles. The summed E-state index contributed by atoms with van der Waals surface area (Å²) in [5, 5.41) is 20.2. The van der Waals surface area contributed by atoms with Crippen molar-refractivity contribution in [2.45, 2.75) is 25.2 Å². The number of rotatable bonds is 8. The van der Waals surface area contributed by atoms with E-state index < -0.39 is 12.2 Å². The number of hydrogen-bond acceptors (Lipinski definition) is 6. The molecule has 4 rings (SSSR count). The van der Waals surface area contributed by atoms with Crippen molar-refractivity contribution in [2.75, 3.05) is 13.2 Å². The first kappa shape index (κ1) is 22.1. The molecule has 2 atom stereocenters. The van der Waals surface area contributed by atoms with Crippen molar-refractivity contribution in [1.29, 1.82) is 0 Å². The molecule has 1 aromatic heterocycles. The van der Waals surface area contributed by atoms with Crippen molar-refractivity contribution in [2.24, 2.45) is 0 Å². The van der Waals surface area contributed by atoms with Gasteiger partial charge in [-0.25, -0.2) is 9.78 Å². The molecule has 3 aromatic rings. The third kappa shape index (κ3) is 5.37. The maximum absolute atomic E-state index is 12.2. The number of halogens is 1.